The number of hydrogen-bond donors (Lipinski definition) is 1. The predicted octanol–water partition coefficient (Wildman–Crippen LogP) is 2.02. The molecule has 0 saturated carbocycles. The van der Waals surface area contributed by atoms with Crippen LogP contribution in [0.25, 0.3) is 0 Å². The molecule has 0 aliphatic heterocycles. The molecule has 0 amide bonds. The highest BCUT2D eigenvalue weighted by molar-refractivity contribution is 5.08. The second-order valence-electron chi connectivity index (χ2n) is 2.80. The minimum absolute atomic E-state index is 0.0596. The molecule has 2 N–H and O–H groups in total. The van der Waals surface area contributed by atoms with Gasteiger partial charge in [-0.05, 0) is 18.6 Å². The van der Waals surface area contributed by atoms with E-state index in [1.807, 2.05) is 0 Å². The lowest BCUT2D eigenvalue weighted by atomic mass is 10.1. The molecule has 0 radical (unpaired) electrons. The van der Waals surface area contributed by atoms with Crippen molar-refractivity contribution < 1.29 is 4.39 Å². The van der Waals surface area contributed by atoms with Gasteiger partial charge in [0.05, 0.1) is 11.9 Å². The zero-order chi connectivity index (χ0) is 8.97. The topological polar surface area (TPSA) is 38.9 Å². The summed E-state index contributed by atoms with van der Waals surface area (Å²) in [6, 6.07) is 2.96. The third-order valence-corrected chi connectivity index (χ3v) is 1.73. The maximum absolute atomic E-state index is 12.4. The predicted molar refractivity (Wildman–Crippen MR) is 46.0 cm³/mol. The summed E-state index contributed by atoms with van der Waals surface area (Å²) in [6.45, 7) is 2.06. The first-order valence-corrected chi connectivity index (χ1v) is 4.11. The fraction of sp³-hybridized carbons (Fsp3) is 0.444. The average molecular weight is 168 g/mol. The Hall–Kier alpha value is -0.960. The lowest BCUT2D eigenvalue weighted by Gasteiger charge is -2.08. The van der Waals surface area contributed by atoms with E-state index >= 15 is 0 Å². The van der Waals surface area contributed by atoms with Gasteiger partial charge in [0.1, 0.15) is 5.82 Å². The molecule has 0 aliphatic carbocycles. The molecule has 0 spiro atoms. The van der Waals surface area contributed by atoms with Crippen LogP contribution >= 0.6 is 0 Å². The van der Waals surface area contributed by atoms with Gasteiger partial charge in [0.25, 0.3) is 0 Å². The third-order valence-electron chi connectivity index (χ3n) is 1.73. The summed E-state index contributed by atoms with van der Waals surface area (Å²) in [5, 5.41) is 0. The minimum atomic E-state index is -0.317. The van der Waals surface area contributed by atoms with Crippen molar-refractivity contribution in [1.82, 2.24) is 4.98 Å². The number of hydrogen-bond acceptors (Lipinski definition) is 2. The van der Waals surface area contributed by atoms with E-state index in [9.17, 15) is 4.39 Å². The SMILES string of the molecule is CCC[C@@H](N)c1ccc(F)cn1. The molecule has 1 heterocycles. The second kappa shape index (κ2) is 4.16. The summed E-state index contributed by atoms with van der Waals surface area (Å²) in [4.78, 5) is 3.90. The number of pyridine rings is 1. The minimum Gasteiger partial charge on any atom is -0.323 e. The molecule has 0 bridgehead atoms. The Labute approximate surface area is 71.6 Å². The van der Waals surface area contributed by atoms with Crippen molar-refractivity contribution in [1.29, 1.82) is 0 Å². The van der Waals surface area contributed by atoms with E-state index < -0.39 is 0 Å². The Kier molecular flexibility index (Phi) is 3.17. The van der Waals surface area contributed by atoms with Crippen molar-refractivity contribution in [2.45, 2.75) is 25.8 Å². The first-order chi connectivity index (χ1) is 5.74. The first-order valence-electron chi connectivity index (χ1n) is 4.11. The van der Waals surface area contributed by atoms with Crippen molar-refractivity contribution in [2.24, 2.45) is 5.73 Å². The van der Waals surface area contributed by atoms with Crippen LogP contribution in [0.5, 0.6) is 0 Å². The van der Waals surface area contributed by atoms with Crippen molar-refractivity contribution in [3.05, 3.63) is 29.8 Å². The number of rotatable bonds is 3. The molecule has 0 aliphatic rings. The van der Waals surface area contributed by atoms with Crippen molar-refractivity contribution in [3.8, 4) is 0 Å². The summed E-state index contributed by atoms with van der Waals surface area (Å²) in [7, 11) is 0. The molecule has 2 nitrogen and oxygen atoms in total. The summed E-state index contributed by atoms with van der Waals surface area (Å²) in [5.74, 6) is -0.317. The van der Waals surface area contributed by atoms with Gasteiger partial charge in [-0.3, -0.25) is 4.98 Å². The molecule has 0 fully saturated rings. The normalized spacial score (nSPS) is 12.9. The average Bonchev–Trinajstić information content (AvgIpc) is 2.06. The van der Waals surface area contributed by atoms with Crippen molar-refractivity contribution in [2.75, 3.05) is 0 Å². The van der Waals surface area contributed by atoms with E-state index in [1.54, 1.807) is 6.07 Å². The van der Waals surface area contributed by atoms with E-state index in [2.05, 4.69) is 11.9 Å². The summed E-state index contributed by atoms with van der Waals surface area (Å²) in [5.41, 5.74) is 6.53. The van der Waals surface area contributed by atoms with Gasteiger partial charge in [0.2, 0.25) is 0 Å². The van der Waals surface area contributed by atoms with E-state index in [1.165, 1.54) is 12.3 Å². The number of nitrogens with zero attached hydrogens (tertiary/aromatic N) is 1. The second-order valence-corrected chi connectivity index (χ2v) is 2.80. The number of nitrogens with two attached hydrogens (primary N) is 1. The van der Waals surface area contributed by atoms with E-state index in [-0.39, 0.29) is 11.9 Å². The Morgan fingerprint density at radius 1 is 1.58 bits per heavy atom. The Bertz CT molecular complexity index is 233. The molecular weight excluding hydrogens is 155 g/mol. The van der Waals surface area contributed by atoms with Crippen LogP contribution in [0, 0.1) is 5.82 Å². The van der Waals surface area contributed by atoms with Gasteiger partial charge >= 0.3 is 0 Å². The molecular formula is C9H13FN2. The van der Waals surface area contributed by atoms with E-state index in [0.717, 1.165) is 18.5 Å². The van der Waals surface area contributed by atoms with Crippen LogP contribution in [0.2, 0.25) is 0 Å². The highest BCUT2D eigenvalue weighted by atomic mass is 19.1. The van der Waals surface area contributed by atoms with Crippen LogP contribution in [0.15, 0.2) is 18.3 Å². The smallest absolute Gasteiger partial charge is 0.141 e. The van der Waals surface area contributed by atoms with Crippen LogP contribution in [-0.2, 0) is 0 Å². The molecule has 0 unspecified atom stereocenters. The van der Waals surface area contributed by atoms with Gasteiger partial charge in [-0.1, -0.05) is 13.3 Å². The third kappa shape index (κ3) is 2.27. The largest absolute Gasteiger partial charge is 0.323 e. The fourth-order valence-electron chi connectivity index (χ4n) is 1.07. The van der Waals surface area contributed by atoms with E-state index in [4.69, 9.17) is 5.73 Å². The monoisotopic (exact) mass is 168 g/mol. The standard InChI is InChI=1S/C9H13FN2/c1-2-3-8(11)9-5-4-7(10)6-12-9/h4-6,8H,2-3,11H2,1H3/t8-/m1/s1. The quantitative estimate of drug-likeness (QED) is 0.749. The molecule has 3 heteroatoms. The number of aromatic nitrogens is 1. The highest BCUT2D eigenvalue weighted by Crippen LogP contribution is 2.12. The molecule has 12 heavy (non-hydrogen) atoms. The van der Waals surface area contributed by atoms with Crippen LogP contribution in [0.1, 0.15) is 31.5 Å². The fourth-order valence-corrected chi connectivity index (χ4v) is 1.07. The summed E-state index contributed by atoms with van der Waals surface area (Å²) in [6.07, 6.45) is 3.10. The van der Waals surface area contributed by atoms with Gasteiger partial charge in [0.15, 0.2) is 0 Å². The van der Waals surface area contributed by atoms with Crippen LogP contribution < -0.4 is 5.73 Å². The van der Waals surface area contributed by atoms with Gasteiger partial charge in [-0.25, -0.2) is 4.39 Å². The molecule has 1 atom stereocenters. The van der Waals surface area contributed by atoms with E-state index in [0.29, 0.717) is 0 Å². The maximum atomic E-state index is 12.4. The van der Waals surface area contributed by atoms with Gasteiger partial charge in [0, 0.05) is 6.04 Å². The van der Waals surface area contributed by atoms with Gasteiger partial charge in [-0.15, -0.1) is 0 Å². The lowest BCUT2D eigenvalue weighted by Crippen LogP contribution is -2.11. The summed E-state index contributed by atoms with van der Waals surface area (Å²) >= 11 is 0. The van der Waals surface area contributed by atoms with Crippen LogP contribution in [0.3, 0.4) is 0 Å². The molecule has 66 valence electrons. The number of halogens is 1. The summed E-state index contributed by atoms with van der Waals surface area (Å²) < 4.78 is 12.4. The van der Waals surface area contributed by atoms with Gasteiger partial charge < -0.3 is 5.73 Å². The molecule has 1 rings (SSSR count). The van der Waals surface area contributed by atoms with Crippen molar-refractivity contribution in [3.63, 3.8) is 0 Å². The Morgan fingerprint density at radius 2 is 2.33 bits per heavy atom. The highest BCUT2D eigenvalue weighted by Gasteiger charge is 2.05. The first kappa shape index (κ1) is 9.13. The molecule has 1 aromatic rings. The van der Waals surface area contributed by atoms with Crippen molar-refractivity contribution >= 4 is 0 Å². The van der Waals surface area contributed by atoms with Gasteiger partial charge in [-0.2, -0.15) is 0 Å². The maximum Gasteiger partial charge on any atom is 0.141 e. The Balaban J connectivity index is 2.68. The Morgan fingerprint density at radius 3 is 2.83 bits per heavy atom. The zero-order valence-electron chi connectivity index (χ0n) is 7.13. The molecule has 1 aromatic heterocycles. The van der Waals surface area contributed by atoms with Crippen LogP contribution in [-0.4, -0.2) is 4.98 Å². The molecule has 0 saturated heterocycles. The molecule has 0 aromatic carbocycles. The van der Waals surface area contributed by atoms with Crippen LogP contribution in [0.4, 0.5) is 4.39 Å². The lowest BCUT2D eigenvalue weighted by molar-refractivity contribution is 0.597. The zero-order valence-corrected chi connectivity index (χ0v) is 7.13.